The van der Waals surface area contributed by atoms with Gasteiger partial charge in [-0.3, -0.25) is 4.79 Å². The van der Waals surface area contributed by atoms with Gasteiger partial charge in [0.2, 0.25) is 5.91 Å². The maximum Gasteiger partial charge on any atom is 0.220 e. The van der Waals surface area contributed by atoms with Gasteiger partial charge in [-0.25, -0.2) is 0 Å². The van der Waals surface area contributed by atoms with E-state index in [0.717, 1.165) is 18.6 Å². The van der Waals surface area contributed by atoms with E-state index in [1.165, 1.54) is 0 Å². The summed E-state index contributed by atoms with van der Waals surface area (Å²) < 4.78 is 10.5. The van der Waals surface area contributed by atoms with Crippen LogP contribution >= 0.6 is 11.6 Å². The average molecular weight is 260 g/mol. The molecule has 0 aliphatic heterocycles. The Morgan fingerprint density at radius 3 is 3.06 bits per heavy atom. The fraction of sp³-hybridized carbons (Fsp3) is 0.583. The highest BCUT2D eigenvalue weighted by Crippen LogP contribution is 2.01. The molecule has 4 nitrogen and oxygen atoms in total. The molecule has 1 amide bonds. The normalized spacial score (nSPS) is 10.4. The highest BCUT2D eigenvalue weighted by atomic mass is 35.5. The van der Waals surface area contributed by atoms with Crippen LogP contribution in [0.1, 0.15) is 25.0 Å². The van der Waals surface area contributed by atoms with Crippen LogP contribution in [0.5, 0.6) is 0 Å². The number of rotatable bonds is 9. The molecule has 0 saturated carbocycles. The van der Waals surface area contributed by atoms with E-state index in [1.807, 2.05) is 12.1 Å². The molecule has 96 valence electrons. The van der Waals surface area contributed by atoms with Gasteiger partial charge in [-0.05, 0) is 25.0 Å². The number of carbonyl (C=O) groups excluding carboxylic acids is 1. The van der Waals surface area contributed by atoms with E-state index in [2.05, 4.69) is 5.32 Å². The molecule has 1 N–H and O–H groups in total. The van der Waals surface area contributed by atoms with E-state index in [4.69, 9.17) is 20.8 Å². The first kappa shape index (κ1) is 14.1. The van der Waals surface area contributed by atoms with Crippen molar-refractivity contribution in [3.8, 4) is 0 Å². The molecule has 1 aromatic rings. The molecule has 0 aliphatic carbocycles. The molecule has 0 saturated heterocycles. The Balaban J connectivity index is 1.89. The van der Waals surface area contributed by atoms with Gasteiger partial charge in [0.1, 0.15) is 12.4 Å². The van der Waals surface area contributed by atoms with E-state index in [-0.39, 0.29) is 5.91 Å². The minimum atomic E-state index is 0.0525. The summed E-state index contributed by atoms with van der Waals surface area (Å²) in [5.74, 6) is 1.40. The summed E-state index contributed by atoms with van der Waals surface area (Å²) in [6.07, 6.45) is 3.64. The number of halogens is 1. The number of hydrogen-bond acceptors (Lipinski definition) is 3. The van der Waals surface area contributed by atoms with Crippen LogP contribution in [0, 0.1) is 0 Å². The first-order valence-corrected chi connectivity index (χ1v) is 6.29. The van der Waals surface area contributed by atoms with Crippen molar-refractivity contribution in [2.24, 2.45) is 0 Å². The molecule has 0 aromatic carbocycles. The molecule has 1 heterocycles. The summed E-state index contributed by atoms with van der Waals surface area (Å²) in [6, 6.07) is 3.70. The Kier molecular flexibility index (Phi) is 7.51. The van der Waals surface area contributed by atoms with Gasteiger partial charge in [-0.15, -0.1) is 11.6 Å². The van der Waals surface area contributed by atoms with Crippen molar-refractivity contribution in [1.82, 2.24) is 5.32 Å². The van der Waals surface area contributed by atoms with Crippen molar-refractivity contribution in [2.45, 2.75) is 25.9 Å². The monoisotopic (exact) mass is 259 g/mol. The smallest absolute Gasteiger partial charge is 0.220 e. The molecule has 1 aromatic heterocycles. The standard InChI is InChI=1S/C12H18ClNO3/c13-6-1-5-12(15)14-7-3-8-16-10-11-4-2-9-17-11/h2,4,9H,1,3,5-8,10H2,(H,14,15). The predicted molar refractivity (Wildman–Crippen MR) is 65.9 cm³/mol. The van der Waals surface area contributed by atoms with Crippen LogP contribution in [0.3, 0.4) is 0 Å². The lowest BCUT2D eigenvalue weighted by Crippen LogP contribution is -2.24. The van der Waals surface area contributed by atoms with Gasteiger partial charge >= 0.3 is 0 Å². The van der Waals surface area contributed by atoms with Gasteiger partial charge in [0.15, 0.2) is 0 Å². The summed E-state index contributed by atoms with van der Waals surface area (Å²) in [4.78, 5) is 11.2. The van der Waals surface area contributed by atoms with Crippen LogP contribution in [-0.4, -0.2) is 24.9 Å². The molecular formula is C12H18ClNO3. The molecule has 0 unspecified atom stereocenters. The van der Waals surface area contributed by atoms with E-state index >= 15 is 0 Å². The number of amides is 1. The minimum Gasteiger partial charge on any atom is -0.467 e. The van der Waals surface area contributed by atoms with Crippen molar-refractivity contribution in [3.05, 3.63) is 24.2 Å². The first-order valence-electron chi connectivity index (χ1n) is 5.75. The van der Waals surface area contributed by atoms with Gasteiger partial charge in [0.05, 0.1) is 6.26 Å². The fourth-order valence-corrected chi connectivity index (χ4v) is 1.42. The molecule has 0 aliphatic rings. The highest BCUT2D eigenvalue weighted by molar-refractivity contribution is 6.17. The molecule has 0 bridgehead atoms. The third-order valence-electron chi connectivity index (χ3n) is 2.15. The van der Waals surface area contributed by atoms with E-state index < -0.39 is 0 Å². The van der Waals surface area contributed by atoms with Crippen LogP contribution < -0.4 is 5.32 Å². The van der Waals surface area contributed by atoms with Crippen molar-refractivity contribution >= 4 is 17.5 Å². The van der Waals surface area contributed by atoms with Crippen molar-refractivity contribution < 1.29 is 13.9 Å². The Hall–Kier alpha value is -1.00. The second kappa shape index (κ2) is 9.07. The number of hydrogen-bond donors (Lipinski definition) is 1. The molecule has 5 heteroatoms. The van der Waals surface area contributed by atoms with Gasteiger partial charge in [-0.1, -0.05) is 0 Å². The molecular weight excluding hydrogens is 242 g/mol. The minimum absolute atomic E-state index is 0.0525. The summed E-state index contributed by atoms with van der Waals surface area (Å²) >= 11 is 5.49. The average Bonchev–Trinajstić information content (AvgIpc) is 2.84. The fourth-order valence-electron chi connectivity index (χ4n) is 1.29. The zero-order valence-electron chi connectivity index (χ0n) is 9.78. The van der Waals surface area contributed by atoms with Crippen LogP contribution in [0.4, 0.5) is 0 Å². The maximum atomic E-state index is 11.2. The third kappa shape index (κ3) is 7.02. The first-order chi connectivity index (χ1) is 8.33. The molecule has 17 heavy (non-hydrogen) atoms. The summed E-state index contributed by atoms with van der Waals surface area (Å²) in [6.45, 7) is 1.73. The van der Waals surface area contributed by atoms with Crippen molar-refractivity contribution in [1.29, 1.82) is 0 Å². The Morgan fingerprint density at radius 1 is 1.47 bits per heavy atom. The zero-order valence-corrected chi connectivity index (χ0v) is 10.5. The Labute approximate surface area is 106 Å². The van der Waals surface area contributed by atoms with E-state index in [0.29, 0.717) is 32.1 Å². The van der Waals surface area contributed by atoms with Gasteiger partial charge in [-0.2, -0.15) is 0 Å². The van der Waals surface area contributed by atoms with Crippen LogP contribution in [-0.2, 0) is 16.1 Å². The number of furan rings is 1. The number of carbonyl (C=O) groups is 1. The van der Waals surface area contributed by atoms with Gasteiger partial charge < -0.3 is 14.5 Å². The highest BCUT2D eigenvalue weighted by Gasteiger charge is 1.99. The Morgan fingerprint density at radius 2 is 2.35 bits per heavy atom. The lowest BCUT2D eigenvalue weighted by molar-refractivity contribution is -0.121. The number of alkyl halides is 1. The second-order valence-electron chi connectivity index (χ2n) is 3.63. The van der Waals surface area contributed by atoms with Gasteiger partial charge in [0, 0.05) is 25.5 Å². The lowest BCUT2D eigenvalue weighted by Gasteiger charge is -2.04. The molecule has 0 fully saturated rings. The summed E-state index contributed by atoms with van der Waals surface area (Å²) in [5.41, 5.74) is 0. The number of ether oxygens (including phenoxy) is 1. The molecule has 0 spiro atoms. The third-order valence-corrected chi connectivity index (χ3v) is 2.42. The molecule has 1 rings (SSSR count). The van der Waals surface area contributed by atoms with Crippen LogP contribution in [0.2, 0.25) is 0 Å². The van der Waals surface area contributed by atoms with Gasteiger partial charge in [0.25, 0.3) is 0 Å². The van der Waals surface area contributed by atoms with E-state index in [1.54, 1.807) is 6.26 Å². The molecule has 0 atom stereocenters. The van der Waals surface area contributed by atoms with E-state index in [9.17, 15) is 4.79 Å². The van der Waals surface area contributed by atoms with Crippen LogP contribution in [0.15, 0.2) is 22.8 Å². The van der Waals surface area contributed by atoms with Crippen molar-refractivity contribution in [3.63, 3.8) is 0 Å². The zero-order chi connectivity index (χ0) is 12.3. The largest absolute Gasteiger partial charge is 0.467 e. The molecule has 0 radical (unpaired) electrons. The topological polar surface area (TPSA) is 51.5 Å². The quantitative estimate of drug-likeness (QED) is 0.547. The predicted octanol–water partition coefficient (Wildman–Crippen LogP) is 2.32. The Bertz CT molecular complexity index is 301. The summed E-state index contributed by atoms with van der Waals surface area (Å²) in [5, 5.41) is 2.81. The SMILES string of the molecule is O=C(CCCCl)NCCCOCc1ccco1. The maximum absolute atomic E-state index is 11.2. The summed E-state index contributed by atoms with van der Waals surface area (Å²) in [7, 11) is 0. The lowest BCUT2D eigenvalue weighted by atomic mass is 10.3. The van der Waals surface area contributed by atoms with Crippen molar-refractivity contribution in [2.75, 3.05) is 19.0 Å². The second-order valence-corrected chi connectivity index (χ2v) is 4.01. The number of nitrogens with one attached hydrogen (secondary N) is 1. The van der Waals surface area contributed by atoms with Crippen LogP contribution in [0.25, 0.3) is 0 Å².